The van der Waals surface area contributed by atoms with E-state index in [1.807, 2.05) is 6.92 Å². The molecule has 0 aliphatic heterocycles. The fourth-order valence-electron chi connectivity index (χ4n) is 1.96. The standard InChI is InChI=1S/C15H18FN3O2/c1-2-3-12-8-13(19-18-12)15(21)17-9-14(20)10-4-6-11(16)7-5-10/h4-8,14,20H,2-3,9H2,1H3,(H,17,21)(H,18,19)/t14-/m1/s1. The molecule has 5 nitrogen and oxygen atoms in total. The lowest BCUT2D eigenvalue weighted by Gasteiger charge is -2.11. The Labute approximate surface area is 122 Å². The van der Waals surface area contributed by atoms with Crippen LogP contribution in [0.15, 0.2) is 30.3 Å². The number of carbonyl (C=O) groups excluding carboxylic acids is 1. The Morgan fingerprint density at radius 2 is 2.14 bits per heavy atom. The Balaban J connectivity index is 1.89. The summed E-state index contributed by atoms with van der Waals surface area (Å²) in [6.07, 6.45) is 0.911. The van der Waals surface area contributed by atoms with Crippen molar-refractivity contribution in [3.05, 3.63) is 53.1 Å². The number of aromatic nitrogens is 2. The first kappa shape index (κ1) is 15.2. The Bertz CT molecular complexity index is 595. The summed E-state index contributed by atoms with van der Waals surface area (Å²) in [5.74, 6) is -0.718. The molecule has 3 N–H and O–H groups in total. The van der Waals surface area contributed by atoms with Crippen molar-refractivity contribution in [2.24, 2.45) is 0 Å². The SMILES string of the molecule is CCCc1cc(C(=O)NC[C@@H](O)c2ccc(F)cc2)n[nH]1. The topological polar surface area (TPSA) is 78.0 Å². The molecule has 6 heteroatoms. The first-order valence-electron chi connectivity index (χ1n) is 6.86. The molecule has 1 amide bonds. The van der Waals surface area contributed by atoms with Gasteiger partial charge in [0.25, 0.3) is 5.91 Å². The van der Waals surface area contributed by atoms with Crippen molar-refractivity contribution in [1.29, 1.82) is 0 Å². The van der Waals surface area contributed by atoms with Gasteiger partial charge in [0, 0.05) is 12.2 Å². The number of benzene rings is 1. The van der Waals surface area contributed by atoms with Gasteiger partial charge in [-0.25, -0.2) is 4.39 Å². The molecule has 21 heavy (non-hydrogen) atoms. The van der Waals surface area contributed by atoms with Gasteiger partial charge in [0.05, 0.1) is 6.10 Å². The molecule has 112 valence electrons. The lowest BCUT2D eigenvalue weighted by molar-refractivity contribution is 0.0911. The van der Waals surface area contributed by atoms with Crippen LogP contribution >= 0.6 is 0 Å². The van der Waals surface area contributed by atoms with Gasteiger partial charge in [-0.1, -0.05) is 25.5 Å². The number of aliphatic hydroxyl groups excluding tert-OH is 1. The lowest BCUT2D eigenvalue weighted by Crippen LogP contribution is -2.28. The van der Waals surface area contributed by atoms with Gasteiger partial charge in [0.1, 0.15) is 11.5 Å². The average molecular weight is 291 g/mol. The number of nitrogens with zero attached hydrogens (tertiary/aromatic N) is 1. The maximum atomic E-state index is 12.8. The van der Waals surface area contributed by atoms with Gasteiger partial charge < -0.3 is 10.4 Å². The molecule has 1 heterocycles. The first-order valence-corrected chi connectivity index (χ1v) is 6.86. The van der Waals surface area contributed by atoms with E-state index in [-0.39, 0.29) is 18.3 Å². The molecule has 0 bridgehead atoms. The van der Waals surface area contributed by atoms with E-state index < -0.39 is 6.10 Å². The molecule has 0 aliphatic rings. The Morgan fingerprint density at radius 3 is 2.81 bits per heavy atom. The van der Waals surface area contributed by atoms with Crippen molar-refractivity contribution >= 4 is 5.91 Å². The summed E-state index contributed by atoms with van der Waals surface area (Å²) >= 11 is 0. The average Bonchev–Trinajstić information content (AvgIpc) is 2.94. The van der Waals surface area contributed by atoms with E-state index in [4.69, 9.17) is 0 Å². The largest absolute Gasteiger partial charge is 0.387 e. The predicted molar refractivity (Wildman–Crippen MR) is 76.3 cm³/mol. The predicted octanol–water partition coefficient (Wildman–Crippen LogP) is 1.96. The summed E-state index contributed by atoms with van der Waals surface area (Å²) in [7, 11) is 0. The molecule has 1 atom stereocenters. The second-order valence-electron chi connectivity index (χ2n) is 4.81. The van der Waals surface area contributed by atoms with E-state index in [2.05, 4.69) is 15.5 Å². The molecule has 0 unspecified atom stereocenters. The van der Waals surface area contributed by atoms with Gasteiger partial charge in [-0.3, -0.25) is 9.89 Å². The van der Waals surface area contributed by atoms with Crippen LogP contribution in [0, 0.1) is 5.82 Å². The molecule has 1 aromatic heterocycles. The third-order valence-corrected chi connectivity index (χ3v) is 3.09. The number of rotatable bonds is 6. The van der Waals surface area contributed by atoms with Crippen molar-refractivity contribution in [2.75, 3.05) is 6.54 Å². The van der Waals surface area contributed by atoms with E-state index in [0.29, 0.717) is 11.3 Å². The number of amides is 1. The maximum Gasteiger partial charge on any atom is 0.271 e. The highest BCUT2D eigenvalue weighted by Gasteiger charge is 2.13. The third-order valence-electron chi connectivity index (χ3n) is 3.09. The maximum absolute atomic E-state index is 12.8. The summed E-state index contributed by atoms with van der Waals surface area (Å²) in [6, 6.07) is 7.21. The van der Waals surface area contributed by atoms with E-state index >= 15 is 0 Å². The lowest BCUT2D eigenvalue weighted by atomic mass is 10.1. The molecule has 0 radical (unpaired) electrons. The van der Waals surface area contributed by atoms with Crippen LogP contribution < -0.4 is 5.32 Å². The van der Waals surface area contributed by atoms with Crippen LogP contribution in [-0.4, -0.2) is 27.8 Å². The van der Waals surface area contributed by atoms with Crippen molar-refractivity contribution < 1.29 is 14.3 Å². The van der Waals surface area contributed by atoms with Gasteiger partial charge in [-0.05, 0) is 30.2 Å². The summed E-state index contributed by atoms with van der Waals surface area (Å²) < 4.78 is 12.8. The third kappa shape index (κ3) is 4.13. The van der Waals surface area contributed by atoms with E-state index in [1.165, 1.54) is 24.3 Å². The molecular formula is C15H18FN3O2. The van der Waals surface area contributed by atoms with Crippen LogP contribution in [0.25, 0.3) is 0 Å². The van der Waals surface area contributed by atoms with E-state index in [0.717, 1.165) is 18.5 Å². The van der Waals surface area contributed by atoms with Gasteiger partial charge in [-0.2, -0.15) is 5.10 Å². The Kier molecular flexibility index (Phi) is 5.05. The molecular weight excluding hydrogens is 273 g/mol. The monoisotopic (exact) mass is 291 g/mol. The van der Waals surface area contributed by atoms with Gasteiger partial charge in [0.2, 0.25) is 0 Å². The summed E-state index contributed by atoms with van der Waals surface area (Å²) in [4.78, 5) is 11.9. The number of hydrogen-bond acceptors (Lipinski definition) is 3. The van der Waals surface area contributed by atoms with Gasteiger partial charge >= 0.3 is 0 Å². The fourth-order valence-corrected chi connectivity index (χ4v) is 1.96. The fraction of sp³-hybridized carbons (Fsp3) is 0.333. The van der Waals surface area contributed by atoms with Crippen LogP contribution in [0.4, 0.5) is 4.39 Å². The second kappa shape index (κ2) is 6.99. The highest BCUT2D eigenvalue weighted by atomic mass is 19.1. The molecule has 2 aromatic rings. The minimum atomic E-state index is -0.886. The first-order chi connectivity index (χ1) is 10.1. The number of hydrogen-bond donors (Lipinski definition) is 3. The summed E-state index contributed by atoms with van der Waals surface area (Å²) in [6.45, 7) is 2.08. The number of carbonyl (C=O) groups is 1. The Morgan fingerprint density at radius 1 is 1.43 bits per heavy atom. The van der Waals surface area contributed by atoms with Crippen LogP contribution in [0.5, 0.6) is 0 Å². The highest BCUT2D eigenvalue weighted by molar-refractivity contribution is 5.92. The molecule has 0 spiro atoms. The van der Waals surface area contributed by atoms with Gasteiger partial charge in [0.15, 0.2) is 0 Å². The van der Waals surface area contributed by atoms with Crippen molar-refractivity contribution in [1.82, 2.24) is 15.5 Å². The van der Waals surface area contributed by atoms with Crippen LogP contribution in [0.1, 0.15) is 41.2 Å². The number of aromatic amines is 1. The number of halogens is 1. The second-order valence-corrected chi connectivity index (χ2v) is 4.81. The van der Waals surface area contributed by atoms with Crippen molar-refractivity contribution in [3.63, 3.8) is 0 Å². The number of aliphatic hydroxyl groups is 1. The normalized spacial score (nSPS) is 12.1. The van der Waals surface area contributed by atoms with Crippen LogP contribution in [0.2, 0.25) is 0 Å². The molecule has 0 saturated heterocycles. The Hall–Kier alpha value is -2.21. The zero-order chi connectivity index (χ0) is 15.2. The molecule has 0 saturated carbocycles. The minimum Gasteiger partial charge on any atom is -0.387 e. The highest BCUT2D eigenvalue weighted by Crippen LogP contribution is 2.12. The van der Waals surface area contributed by atoms with Gasteiger partial charge in [-0.15, -0.1) is 0 Å². The van der Waals surface area contributed by atoms with E-state index in [1.54, 1.807) is 6.07 Å². The smallest absolute Gasteiger partial charge is 0.271 e. The molecule has 0 fully saturated rings. The minimum absolute atomic E-state index is 0.0421. The van der Waals surface area contributed by atoms with Crippen LogP contribution in [-0.2, 0) is 6.42 Å². The molecule has 0 aliphatic carbocycles. The number of aryl methyl sites for hydroxylation is 1. The quantitative estimate of drug-likeness (QED) is 0.761. The number of H-pyrrole nitrogens is 1. The van der Waals surface area contributed by atoms with Crippen molar-refractivity contribution in [2.45, 2.75) is 25.9 Å². The van der Waals surface area contributed by atoms with Crippen molar-refractivity contribution in [3.8, 4) is 0 Å². The zero-order valence-electron chi connectivity index (χ0n) is 11.8. The summed E-state index contributed by atoms with van der Waals surface area (Å²) in [5.41, 5.74) is 1.75. The number of nitrogens with one attached hydrogen (secondary N) is 2. The molecule has 2 rings (SSSR count). The summed E-state index contributed by atoms with van der Waals surface area (Å²) in [5, 5.41) is 19.3. The van der Waals surface area contributed by atoms with E-state index in [9.17, 15) is 14.3 Å². The molecule has 1 aromatic carbocycles. The van der Waals surface area contributed by atoms with Crippen LogP contribution in [0.3, 0.4) is 0 Å². The zero-order valence-corrected chi connectivity index (χ0v) is 11.8.